The predicted molar refractivity (Wildman–Crippen MR) is 79.0 cm³/mol. The minimum atomic E-state index is -0.194. The van der Waals surface area contributed by atoms with Crippen molar-refractivity contribution in [2.75, 3.05) is 11.9 Å². The molecule has 2 aromatic rings. The Hall–Kier alpha value is -1.03. The largest absolute Gasteiger partial charge is 0.394 e. The van der Waals surface area contributed by atoms with Gasteiger partial charge in [0.1, 0.15) is 0 Å². The first-order valence-corrected chi connectivity index (χ1v) is 6.75. The molecule has 0 aliphatic heterocycles. The molecule has 0 aliphatic rings. The standard InChI is InChI=1S/C14H13BrClNO/c15-13-7-6-10(16)8-12(13)14(9-18)17-11-4-2-1-3-5-11/h1-8,14,17-18H,9H2. The minimum absolute atomic E-state index is 0.00611. The average Bonchev–Trinajstić information content (AvgIpc) is 2.40. The number of halogens is 2. The van der Waals surface area contributed by atoms with Crippen LogP contribution >= 0.6 is 27.5 Å². The number of benzene rings is 2. The molecule has 0 spiro atoms. The Balaban J connectivity index is 2.26. The quantitative estimate of drug-likeness (QED) is 0.880. The molecule has 94 valence electrons. The number of hydrogen-bond donors (Lipinski definition) is 2. The topological polar surface area (TPSA) is 32.3 Å². The highest BCUT2D eigenvalue weighted by Gasteiger charge is 2.13. The van der Waals surface area contributed by atoms with Gasteiger partial charge in [0.2, 0.25) is 0 Å². The molecule has 0 amide bonds. The highest BCUT2D eigenvalue weighted by Crippen LogP contribution is 2.28. The molecule has 0 heterocycles. The van der Waals surface area contributed by atoms with Gasteiger partial charge in [-0.1, -0.05) is 45.7 Å². The Labute approximate surface area is 120 Å². The Bertz CT molecular complexity index is 518. The van der Waals surface area contributed by atoms with E-state index in [-0.39, 0.29) is 12.6 Å². The molecule has 1 atom stereocenters. The zero-order chi connectivity index (χ0) is 13.0. The first-order valence-electron chi connectivity index (χ1n) is 5.58. The molecule has 0 saturated carbocycles. The lowest BCUT2D eigenvalue weighted by Crippen LogP contribution is -2.15. The molecule has 0 aliphatic carbocycles. The molecule has 18 heavy (non-hydrogen) atoms. The van der Waals surface area contributed by atoms with Crippen LogP contribution in [0.2, 0.25) is 5.02 Å². The molecule has 2 rings (SSSR count). The number of aliphatic hydroxyl groups is 1. The molecule has 0 bridgehead atoms. The number of anilines is 1. The Morgan fingerprint density at radius 3 is 2.56 bits per heavy atom. The van der Waals surface area contributed by atoms with E-state index in [4.69, 9.17) is 11.6 Å². The van der Waals surface area contributed by atoms with Crippen molar-refractivity contribution in [3.05, 3.63) is 63.6 Å². The van der Waals surface area contributed by atoms with Gasteiger partial charge in [0.15, 0.2) is 0 Å². The highest BCUT2D eigenvalue weighted by molar-refractivity contribution is 9.10. The van der Waals surface area contributed by atoms with Gasteiger partial charge in [0.05, 0.1) is 12.6 Å². The van der Waals surface area contributed by atoms with E-state index in [0.717, 1.165) is 15.7 Å². The van der Waals surface area contributed by atoms with Crippen LogP contribution in [0, 0.1) is 0 Å². The van der Waals surface area contributed by atoms with Gasteiger partial charge in [-0.15, -0.1) is 0 Å². The molecular weight excluding hydrogens is 314 g/mol. The third-order valence-electron chi connectivity index (χ3n) is 2.63. The van der Waals surface area contributed by atoms with E-state index in [1.807, 2.05) is 48.5 Å². The van der Waals surface area contributed by atoms with Gasteiger partial charge < -0.3 is 10.4 Å². The van der Waals surface area contributed by atoms with Crippen LogP contribution in [0.25, 0.3) is 0 Å². The van der Waals surface area contributed by atoms with Crippen molar-refractivity contribution >= 4 is 33.2 Å². The first kappa shape index (κ1) is 13.4. The molecule has 0 saturated heterocycles. The summed E-state index contributed by atoms with van der Waals surface area (Å²) in [5, 5.41) is 13.5. The molecule has 2 N–H and O–H groups in total. The van der Waals surface area contributed by atoms with Crippen molar-refractivity contribution in [1.29, 1.82) is 0 Å². The molecule has 0 aromatic heterocycles. The van der Waals surface area contributed by atoms with Crippen LogP contribution in [0.4, 0.5) is 5.69 Å². The maximum absolute atomic E-state index is 9.53. The Morgan fingerprint density at radius 2 is 1.89 bits per heavy atom. The third-order valence-corrected chi connectivity index (χ3v) is 3.59. The van der Waals surface area contributed by atoms with Crippen LogP contribution in [-0.2, 0) is 0 Å². The second-order valence-corrected chi connectivity index (χ2v) is 5.20. The van der Waals surface area contributed by atoms with Gasteiger partial charge in [-0.25, -0.2) is 0 Å². The average molecular weight is 327 g/mol. The van der Waals surface area contributed by atoms with E-state index in [9.17, 15) is 5.11 Å². The molecule has 1 unspecified atom stereocenters. The molecular formula is C14H13BrClNO. The SMILES string of the molecule is OCC(Nc1ccccc1)c1cc(Cl)ccc1Br. The predicted octanol–water partition coefficient (Wildman–Crippen LogP) is 4.25. The lowest BCUT2D eigenvalue weighted by Gasteiger charge is -2.19. The summed E-state index contributed by atoms with van der Waals surface area (Å²) >= 11 is 9.47. The second-order valence-electron chi connectivity index (χ2n) is 3.91. The smallest absolute Gasteiger partial charge is 0.0756 e. The lowest BCUT2D eigenvalue weighted by molar-refractivity contribution is 0.276. The fraction of sp³-hybridized carbons (Fsp3) is 0.143. The van der Waals surface area contributed by atoms with Crippen LogP contribution in [0.3, 0.4) is 0 Å². The van der Waals surface area contributed by atoms with Crippen LogP contribution < -0.4 is 5.32 Å². The Kier molecular flexibility index (Phi) is 4.64. The zero-order valence-electron chi connectivity index (χ0n) is 9.61. The van der Waals surface area contributed by atoms with Gasteiger partial charge in [0.25, 0.3) is 0 Å². The van der Waals surface area contributed by atoms with E-state index < -0.39 is 0 Å². The van der Waals surface area contributed by atoms with E-state index in [2.05, 4.69) is 21.2 Å². The fourth-order valence-corrected chi connectivity index (χ4v) is 2.44. The summed E-state index contributed by atoms with van der Waals surface area (Å²) in [4.78, 5) is 0. The molecule has 2 aromatic carbocycles. The second kappa shape index (κ2) is 6.23. The molecule has 2 nitrogen and oxygen atoms in total. The Morgan fingerprint density at radius 1 is 1.17 bits per heavy atom. The monoisotopic (exact) mass is 325 g/mol. The summed E-state index contributed by atoms with van der Waals surface area (Å²) < 4.78 is 0.925. The van der Waals surface area contributed by atoms with E-state index >= 15 is 0 Å². The van der Waals surface area contributed by atoms with Gasteiger partial charge >= 0.3 is 0 Å². The number of para-hydroxylation sites is 1. The summed E-state index contributed by atoms with van der Waals surface area (Å²) in [7, 11) is 0. The molecule has 0 fully saturated rings. The van der Waals surface area contributed by atoms with Crippen molar-refractivity contribution in [1.82, 2.24) is 0 Å². The molecule has 4 heteroatoms. The summed E-state index contributed by atoms with van der Waals surface area (Å²) in [5.41, 5.74) is 1.90. The maximum atomic E-state index is 9.53. The van der Waals surface area contributed by atoms with E-state index in [1.54, 1.807) is 0 Å². The number of hydrogen-bond acceptors (Lipinski definition) is 2. The van der Waals surface area contributed by atoms with Crippen LogP contribution in [0.1, 0.15) is 11.6 Å². The van der Waals surface area contributed by atoms with Gasteiger partial charge in [0, 0.05) is 15.2 Å². The summed E-state index contributed by atoms with van der Waals surface area (Å²) in [6.45, 7) is -0.00611. The summed E-state index contributed by atoms with van der Waals surface area (Å²) in [6, 6.07) is 15.1. The normalized spacial score (nSPS) is 12.2. The summed E-state index contributed by atoms with van der Waals surface area (Å²) in [5.74, 6) is 0. The van der Waals surface area contributed by atoms with Crippen molar-refractivity contribution in [2.24, 2.45) is 0 Å². The zero-order valence-corrected chi connectivity index (χ0v) is 11.9. The summed E-state index contributed by atoms with van der Waals surface area (Å²) in [6.07, 6.45) is 0. The van der Waals surface area contributed by atoms with Crippen LogP contribution in [0.5, 0.6) is 0 Å². The first-order chi connectivity index (χ1) is 8.70. The molecule has 0 radical (unpaired) electrons. The maximum Gasteiger partial charge on any atom is 0.0756 e. The fourth-order valence-electron chi connectivity index (χ4n) is 1.74. The van der Waals surface area contributed by atoms with Crippen molar-refractivity contribution in [3.8, 4) is 0 Å². The van der Waals surface area contributed by atoms with Crippen LogP contribution in [0.15, 0.2) is 53.0 Å². The van der Waals surface area contributed by atoms with Gasteiger partial charge in [-0.2, -0.15) is 0 Å². The number of nitrogens with one attached hydrogen (secondary N) is 1. The van der Waals surface area contributed by atoms with Crippen LogP contribution in [-0.4, -0.2) is 11.7 Å². The van der Waals surface area contributed by atoms with E-state index in [1.165, 1.54) is 0 Å². The lowest BCUT2D eigenvalue weighted by atomic mass is 10.1. The van der Waals surface area contributed by atoms with E-state index in [0.29, 0.717) is 5.02 Å². The number of rotatable bonds is 4. The third kappa shape index (κ3) is 3.25. The minimum Gasteiger partial charge on any atom is -0.394 e. The van der Waals surface area contributed by atoms with Crippen molar-refractivity contribution < 1.29 is 5.11 Å². The van der Waals surface area contributed by atoms with Crippen molar-refractivity contribution in [2.45, 2.75) is 6.04 Å². The number of aliphatic hydroxyl groups excluding tert-OH is 1. The van der Waals surface area contributed by atoms with Gasteiger partial charge in [-0.3, -0.25) is 0 Å². The highest BCUT2D eigenvalue weighted by atomic mass is 79.9. The van der Waals surface area contributed by atoms with Crippen molar-refractivity contribution in [3.63, 3.8) is 0 Å². The van der Waals surface area contributed by atoms with Gasteiger partial charge in [-0.05, 0) is 35.9 Å².